The molecule has 0 bridgehead atoms. The van der Waals surface area contributed by atoms with Crippen molar-refractivity contribution in [2.24, 2.45) is 0 Å². The second-order valence-electron chi connectivity index (χ2n) is 14.1. The van der Waals surface area contributed by atoms with Gasteiger partial charge in [-0.2, -0.15) is 0 Å². The summed E-state index contributed by atoms with van der Waals surface area (Å²) in [5.74, 6) is 0.627. The van der Waals surface area contributed by atoms with E-state index in [1.807, 2.05) is 12.4 Å². The quantitative estimate of drug-likeness (QED) is 0.183. The molecule has 12 rings (SSSR count). The van der Waals surface area contributed by atoms with Gasteiger partial charge in [0, 0.05) is 54.6 Å². The summed E-state index contributed by atoms with van der Waals surface area (Å²) >= 11 is 0. The van der Waals surface area contributed by atoms with Crippen LogP contribution in [0.3, 0.4) is 0 Å². The van der Waals surface area contributed by atoms with E-state index in [2.05, 4.69) is 184 Å². The summed E-state index contributed by atoms with van der Waals surface area (Å²) in [7, 11) is 0. The zero-order valence-electron chi connectivity index (χ0n) is 29.5. The summed E-state index contributed by atoms with van der Waals surface area (Å²) in [5.41, 5.74) is 11.5. The summed E-state index contributed by atoms with van der Waals surface area (Å²) < 4.78 is 6.82. The number of nitrogens with zero attached hydrogens (tertiary/aromatic N) is 6. The number of hydrogen-bond donors (Lipinski definition) is 0. The van der Waals surface area contributed by atoms with Crippen molar-refractivity contribution in [3.8, 4) is 28.6 Å². The fourth-order valence-electron chi connectivity index (χ4n) is 8.76. The first-order valence-electron chi connectivity index (χ1n) is 18.5. The minimum Gasteiger partial charge on any atom is -0.309 e. The van der Waals surface area contributed by atoms with Crippen LogP contribution in [0.4, 0.5) is 0 Å². The molecule has 4 heterocycles. The Balaban J connectivity index is 1.13. The zero-order chi connectivity index (χ0) is 36.0. The average molecular weight is 703 g/mol. The number of rotatable bonds is 4. The maximum absolute atomic E-state index is 5.48. The number of aromatic nitrogens is 6. The highest BCUT2D eigenvalue weighted by Crippen LogP contribution is 2.43. The van der Waals surface area contributed by atoms with Crippen LogP contribution in [0.15, 0.2) is 182 Å². The van der Waals surface area contributed by atoms with E-state index in [4.69, 9.17) is 15.0 Å². The molecule has 0 saturated carbocycles. The van der Waals surface area contributed by atoms with Gasteiger partial charge in [0.2, 0.25) is 5.95 Å². The summed E-state index contributed by atoms with van der Waals surface area (Å²) in [6.45, 7) is 0. The molecule has 0 amide bonds. The normalized spacial score (nSPS) is 12.0. The van der Waals surface area contributed by atoms with Crippen molar-refractivity contribution in [3.63, 3.8) is 0 Å². The smallest absolute Gasteiger partial charge is 0.235 e. The highest BCUT2D eigenvalue weighted by molar-refractivity contribution is 6.30. The third-order valence-corrected chi connectivity index (χ3v) is 11.1. The van der Waals surface area contributed by atoms with Crippen LogP contribution in [0, 0.1) is 0 Å². The molecule has 6 nitrogen and oxygen atoms in total. The van der Waals surface area contributed by atoms with Crippen LogP contribution in [-0.4, -0.2) is 28.7 Å². The molecule has 6 heteroatoms. The maximum Gasteiger partial charge on any atom is 0.235 e. The first kappa shape index (κ1) is 29.9. The standard InChI is InChI=1S/C49H30N6/c1-2-14-32(15-3-1)53-30-50-46-36-18-4-5-19-37(36)47-44(48(46)53)39-21-9-13-25-43(39)55(47)49-51-40-22-10-6-20-38(40)45(52-49)31-26-28-33(29-27-31)54-41-23-11-7-16-34(41)35-17-8-12-24-42(35)54/h1-30H. The van der Waals surface area contributed by atoms with E-state index in [-0.39, 0.29) is 0 Å². The molecule has 0 fully saturated rings. The number of imidazole rings is 1. The SMILES string of the molecule is c1ccc(-n2cnc3c4ccccc4c4c(c5ccccc5n4-c4nc(-c5ccc(-n6c7ccccc7c7ccccc76)cc5)c5ccccc5n4)c32)cc1. The third-order valence-electron chi connectivity index (χ3n) is 11.1. The van der Waals surface area contributed by atoms with Gasteiger partial charge < -0.3 is 4.57 Å². The molecule has 12 aromatic rings. The molecular formula is C49H30N6. The fraction of sp³-hybridized carbons (Fsp3) is 0. The van der Waals surface area contributed by atoms with E-state index >= 15 is 0 Å². The second-order valence-corrected chi connectivity index (χ2v) is 14.1. The van der Waals surface area contributed by atoms with E-state index in [1.54, 1.807) is 0 Å². The monoisotopic (exact) mass is 702 g/mol. The highest BCUT2D eigenvalue weighted by Gasteiger charge is 2.24. The first-order valence-corrected chi connectivity index (χ1v) is 18.5. The molecule has 0 radical (unpaired) electrons. The lowest BCUT2D eigenvalue weighted by molar-refractivity contribution is 1.02. The highest BCUT2D eigenvalue weighted by atomic mass is 15.2. The van der Waals surface area contributed by atoms with Gasteiger partial charge in [-0.15, -0.1) is 0 Å². The molecule has 0 aliphatic heterocycles. The van der Waals surface area contributed by atoms with E-state index in [1.165, 1.54) is 21.8 Å². The fourth-order valence-corrected chi connectivity index (χ4v) is 8.76. The largest absolute Gasteiger partial charge is 0.309 e. The average Bonchev–Trinajstić information content (AvgIpc) is 3.95. The van der Waals surface area contributed by atoms with Gasteiger partial charge in [-0.05, 0) is 48.5 Å². The minimum atomic E-state index is 0.627. The van der Waals surface area contributed by atoms with Crippen LogP contribution >= 0.6 is 0 Å². The molecular weight excluding hydrogens is 673 g/mol. The second kappa shape index (κ2) is 11.5. The van der Waals surface area contributed by atoms with Crippen LogP contribution in [0.1, 0.15) is 0 Å². The van der Waals surface area contributed by atoms with Crippen molar-refractivity contribution < 1.29 is 0 Å². The zero-order valence-corrected chi connectivity index (χ0v) is 29.5. The summed E-state index contributed by atoms with van der Waals surface area (Å²) in [4.78, 5) is 15.8. The Hall–Kier alpha value is -7.57. The van der Waals surface area contributed by atoms with Crippen molar-refractivity contribution in [1.29, 1.82) is 0 Å². The molecule has 0 saturated heterocycles. The Bertz CT molecular complexity index is 3430. The summed E-state index contributed by atoms with van der Waals surface area (Å²) in [6, 6.07) is 62.0. The molecule has 0 aliphatic rings. The Kier molecular flexibility index (Phi) is 6.24. The molecule has 4 aromatic heterocycles. The lowest BCUT2D eigenvalue weighted by Crippen LogP contribution is -2.04. The van der Waals surface area contributed by atoms with Crippen LogP contribution in [0.25, 0.3) is 105 Å². The van der Waals surface area contributed by atoms with Crippen molar-refractivity contribution >= 4 is 76.3 Å². The predicted molar refractivity (Wildman–Crippen MR) is 226 cm³/mol. The number of hydrogen-bond acceptors (Lipinski definition) is 3. The van der Waals surface area contributed by atoms with Crippen molar-refractivity contribution in [3.05, 3.63) is 182 Å². The predicted octanol–water partition coefficient (Wildman–Crippen LogP) is 12.0. The van der Waals surface area contributed by atoms with Crippen molar-refractivity contribution in [2.45, 2.75) is 0 Å². The number of para-hydroxylation sites is 5. The lowest BCUT2D eigenvalue weighted by atomic mass is 10.0. The van der Waals surface area contributed by atoms with Gasteiger partial charge in [-0.25, -0.2) is 15.0 Å². The summed E-state index contributed by atoms with van der Waals surface area (Å²) in [6.07, 6.45) is 1.95. The number of benzene rings is 8. The van der Waals surface area contributed by atoms with Crippen LogP contribution < -0.4 is 0 Å². The van der Waals surface area contributed by atoms with E-state index in [0.29, 0.717) is 5.95 Å². The van der Waals surface area contributed by atoms with Gasteiger partial charge in [0.05, 0.1) is 44.3 Å². The molecule has 256 valence electrons. The van der Waals surface area contributed by atoms with Gasteiger partial charge >= 0.3 is 0 Å². The molecule has 0 atom stereocenters. The van der Waals surface area contributed by atoms with Crippen molar-refractivity contribution in [2.75, 3.05) is 0 Å². The van der Waals surface area contributed by atoms with Crippen LogP contribution in [0.5, 0.6) is 0 Å². The molecule has 0 unspecified atom stereocenters. The van der Waals surface area contributed by atoms with E-state index in [9.17, 15) is 0 Å². The van der Waals surface area contributed by atoms with Gasteiger partial charge in [-0.3, -0.25) is 9.13 Å². The Morgan fingerprint density at radius 1 is 0.382 bits per heavy atom. The molecule has 55 heavy (non-hydrogen) atoms. The number of fused-ring (bicyclic) bond motifs is 12. The first-order chi connectivity index (χ1) is 27.3. The van der Waals surface area contributed by atoms with Crippen molar-refractivity contribution in [1.82, 2.24) is 28.7 Å². The van der Waals surface area contributed by atoms with Crippen LogP contribution in [-0.2, 0) is 0 Å². The topological polar surface area (TPSA) is 53.5 Å². The van der Waals surface area contributed by atoms with Gasteiger partial charge in [0.25, 0.3) is 0 Å². The maximum atomic E-state index is 5.48. The Morgan fingerprint density at radius 2 is 0.945 bits per heavy atom. The molecule has 8 aromatic carbocycles. The molecule has 0 aliphatic carbocycles. The van der Waals surface area contributed by atoms with E-state index in [0.717, 1.165) is 77.1 Å². The minimum absolute atomic E-state index is 0.627. The molecule has 0 N–H and O–H groups in total. The van der Waals surface area contributed by atoms with Gasteiger partial charge in [0.15, 0.2) is 0 Å². The van der Waals surface area contributed by atoms with Crippen LogP contribution in [0.2, 0.25) is 0 Å². The Morgan fingerprint density at radius 3 is 1.65 bits per heavy atom. The Labute approximate surface area is 314 Å². The summed E-state index contributed by atoms with van der Waals surface area (Å²) in [5, 5.41) is 7.94. The third kappa shape index (κ3) is 4.27. The molecule has 0 spiro atoms. The van der Waals surface area contributed by atoms with E-state index < -0.39 is 0 Å². The van der Waals surface area contributed by atoms with Gasteiger partial charge in [-0.1, -0.05) is 127 Å². The lowest BCUT2D eigenvalue weighted by Gasteiger charge is -2.14. The van der Waals surface area contributed by atoms with Gasteiger partial charge in [0.1, 0.15) is 6.33 Å².